The van der Waals surface area contributed by atoms with E-state index < -0.39 is 0 Å². The summed E-state index contributed by atoms with van der Waals surface area (Å²) in [5.41, 5.74) is -0.309. The molecule has 1 aromatic heterocycles. The lowest BCUT2D eigenvalue weighted by atomic mass is 10.2. The number of nitrogens with zero attached hydrogens (tertiary/aromatic N) is 2. The van der Waals surface area contributed by atoms with Gasteiger partial charge in [-0.2, -0.15) is 4.99 Å². The molecular weight excluding hydrogens is 188 g/mol. The van der Waals surface area contributed by atoms with Gasteiger partial charge in [0.15, 0.2) is 0 Å². The van der Waals surface area contributed by atoms with Crippen LogP contribution >= 0.6 is 11.3 Å². The minimum absolute atomic E-state index is 0.309. The monoisotopic (exact) mass is 196 g/mol. The van der Waals surface area contributed by atoms with E-state index >= 15 is 0 Å². The summed E-state index contributed by atoms with van der Waals surface area (Å²) in [7, 11) is 1.57. The van der Waals surface area contributed by atoms with E-state index in [9.17, 15) is 4.79 Å². The fourth-order valence-electron chi connectivity index (χ4n) is 1.19. The quantitative estimate of drug-likeness (QED) is 0.543. The molecule has 0 atom stereocenters. The van der Waals surface area contributed by atoms with Gasteiger partial charge in [-0.1, -0.05) is 11.3 Å². The normalized spacial score (nSPS) is 17.6. The summed E-state index contributed by atoms with van der Waals surface area (Å²) in [5, 5.41) is 0.613. The average Bonchev–Trinajstić information content (AvgIpc) is 2.78. The summed E-state index contributed by atoms with van der Waals surface area (Å²) in [6, 6.07) is 0. The van der Waals surface area contributed by atoms with Gasteiger partial charge in [0.25, 0.3) is 5.19 Å². The predicted octanol–water partition coefficient (Wildman–Crippen LogP) is 1.48. The molecule has 1 fully saturated rings. The molecule has 1 aromatic rings. The van der Waals surface area contributed by atoms with Gasteiger partial charge in [0.2, 0.25) is 6.08 Å². The Labute approximate surface area is 79.3 Å². The lowest BCUT2D eigenvalue weighted by Gasteiger charge is -2.00. The zero-order valence-corrected chi connectivity index (χ0v) is 7.93. The second-order valence-corrected chi connectivity index (χ2v) is 3.92. The van der Waals surface area contributed by atoms with Gasteiger partial charge in [0.05, 0.1) is 12.0 Å². The van der Waals surface area contributed by atoms with Gasteiger partial charge in [-0.05, 0) is 12.8 Å². The highest BCUT2D eigenvalue weighted by atomic mass is 32.1. The molecule has 0 radical (unpaired) electrons. The minimum Gasteiger partial charge on any atom is -0.473 e. The Kier molecular flexibility index (Phi) is 1.90. The lowest BCUT2D eigenvalue weighted by molar-refractivity contribution is 0.412. The minimum atomic E-state index is -0.309. The highest BCUT2D eigenvalue weighted by Crippen LogP contribution is 2.51. The number of rotatable bonds is 3. The average molecular weight is 196 g/mol. The molecule has 0 amide bonds. The molecule has 0 bridgehead atoms. The van der Waals surface area contributed by atoms with Crippen LogP contribution in [0.25, 0.3) is 0 Å². The first-order valence-electron chi connectivity index (χ1n) is 3.90. The Morgan fingerprint density at radius 1 is 1.77 bits per heavy atom. The Bertz CT molecular complexity index is 364. The summed E-state index contributed by atoms with van der Waals surface area (Å²) in [6.07, 6.45) is 5.15. The van der Waals surface area contributed by atoms with E-state index in [1.807, 2.05) is 0 Å². The topological polar surface area (TPSA) is 51.6 Å². The first-order chi connectivity index (χ1) is 6.30. The van der Waals surface area contributed by atoms with Crippen molar-refractivity contribution in [1.29, 1.82) is 0 Å². The number of methoxy groups -OCH3 is 1. The third-order valence-corrected chi connectivity index (χ3v) is 3.25. The van der Waals surface area contributed by atoms with Gasteiger partial charge in [0.1, 0.15) is 5.54 Å². The Balaban J connectivity index is 2.30. The maximum absolute atomic E-state index is 10.2. The summed E-state index contributed by atoms with van der Waals surface area (Å²) >= 11 is 1.44. The molecule has 4 nitrogen and oxygen atoms in total. The van der Waals surface area contributed by atoms with Crippen LogP contribution in [-0.4, -0.2) is 18.2 Å². The summed E-state index contributed by atoms with van der Waals surface area (Å²) in [6.45, 7) is 0. The third-order valence-electron chi connectivity index (χ3n) is 2.10. The van der Waals surface area contributed by atoms with Gasteiger partial charge in [-0.25, -0.2) is 9.78 Å². The maximum Gasteiger partial charge on any atom is 0.273 e. The molecule has 0 unspecified atom stereocenters. The van der Waals surface area contributed by atoms with Crippen LogP contribution in [0.4, 0.5) is 0 Å². The fraction of sp³-hybridized carbons (Fsp3) is 0.500. The summed E-state index contributed by atoms with van der Waals surface area (Å²) in [4.78, 5) is 19.0. The van der Waals surface area contributed by atoms with E-state index in [1.54, 1.807) is 19.4 Å². The molecular formula is C8H8N2O2S. The predicted molar refractivity (Wildman–Crippen MR) is 47.7 cm³/mol. The van der Waals surface area contributed by atoms with Gasteiger partial charge in [-0.15, -0.1) is 0 Å². The molecule has 1 saturated carbocycles. The van der Waals surface area contributed by atoms with Crippen LogP contribution < -0.4 is 4.74 Å². The molecule has 1 aliphatic carbocycles. The second kappa shape index (κ2) is 2.94. The van der Waals surface area contributed by atoms with Gasteiger partial charge in [0, 0.05) is 6.20 Å². The van der Waals surface area contributed by atoms with Crippen LogP contribution in [0, 0.1) is 0 Å². The van der Waals surface area contributed by atoms with E-state index in [-0.39, 0.29) is 5.54 Å². The number of ether oxygens (including phenoxy) is 1. The first kappa shape index (κ1) is 8.41. The van der Waals surface area contributed by atoms with E-state index in [4.69, 9.17) is 4.74 Å². The molecule has 0 saturated heterocycles. The van der Waals surface area contributed by atoms with E-state index in [2.05, 4.69) is 9.98 Å². The molecule has 0 aliphatic heterocycles. The van der Waals surface area contributed by atoms with Crippen molar-refractivity contribution in [3.63, 3.8) is 0 Å². The van der Waals surface area contributed by atoms with Crippen molar-refractivity contribution in [3.8, 4) is 5.19 Å². The Morgan fingerprint density at radius 3 is 3.00 bits per heavy atom. The molecule has 1 heterocycles. The van der Waals surface area contributed by atoms with E-state index in [1.165, 1.54) is 11.3 Å². The van der Waals surface area contributed by atoms with Crippen LogP contribution in [0.3, 0.4) is 0 Å². The van der Waals surface area contributed by atoms with E-state index in [0.717, 1.165) is 17.7 Å². The molecule has 68 valence electrons. The van der Waals surface area contributed by atoms with Crippen molar-refractivity contribution in [2.24, 2.45) is 4.99 Å². The van der Waals surface area contributed by atoms with Crippen molar-refractivity contribution in [2.75, 3.05) is 7.11 Å². The van der Waals surface area contributed by atoms with Crippen LogP contribution in [0.15, 0.2) is 11.2 Å². The van der Waals surface area contributed by atoms with E-state index in [0.29, 0.717) is 5.19 Å². The number of carbonyl (C=O) groups excluding carboxylic acids is 1. The van der Waals surface area contributed by atoms with Crippen molar-refractivity contribution >= 4 is 17.4 Å². The largest absolute Gasteiger partial charge is 0.473 e. The van der Waals surface area contributed by atoms with Crippen LogP contribution in [0.2, 0.25) is 0 Å². The third kappa shape index (κ3) is 1.36. The second-order valence-electron chi connectivity index (χ2n) is 2.93. The Morgan fingerprint density at radius 2 is 2.54 bits per heavy atom. The molecule has 0 spiro atoms. The smallest absolute Gasteiger partial charge is 0.273 e. The number of thiazole rings is 1. The molecule has 13 heavy (non-hydrogen) atoms. The first-order valence-corrected chi connectivity index (χ1v) is 4.72. The van der Waals surface area contributed by atoms with Crippen molar-refractivity contribution in [1.82, 2.24) is 4.98 Å². The number of aromatic nitrogens is 1. The highest BCUT2D eigenvalue weighted by Gasteiger charge is 2.46. The number of hydrogen-bond donors (Lipinski definition) is 0. The van der Waals surface area contributed by atoms with Crippen molar-refractivity contribution in [3.05, 3.63) is 11.1 Å². The van der Waals surface area contributed by atoms with Crippen LogP contribution in [-0.2, 0) is 10.3 Å². The standard InChI is InChI=1S/C8H8N2O2S/c1-12-7-9-4-6(13-7)8(2-3-8)10-5-11/h4H,2-3H2,1H3. The fourth-order valence-corrected chi connectivity index (χ4v) is 2.11. The van der Waals surface area contributed by atoms with Crippen molar-refractivity contribution < 1.29 is 9.53 Å². The molecule has 1 aliphatic rings. The van der Waals surface area contributed by atoms with Crippen LogP contribution in [0.1, 0.15) is 17.7 Å². The van der Waals surface area contributed by atoms with Gasteiger partial charge in [-0.3, -0.25) is 0 Å². The summed E-state index contributed by atoms with van der Waals surface area (Å²) in [5.74, 6) is 0. The van der Waals surface area contributed by atoms with Crippen molar-refractivity contribution in [2.45, 2.75) is 18.4 Å². The number of hydrogen-bond acceptors (Lipinski definition) is 5. The zero-order chi connectivity index (χ0) is 9.31. The maximum atomic E-state index is 10.2. The Hall–Kier alpha value is -1.19. The van der Waals surface area contributed by atoms with Gasteiger partial charge < -0.3 is 4.74 Å². The number of isocyanates is 1. The SMILES string of the molecule is COc1ncc(C2(N=C=O)CC2)s1. The molecule has 5 heteroatoms. The molecule has 0 aromatic carbocycles. The highest BCUT2D eigenvalue weighted by molar-refractivity contribution is 7.13. The lowest BCUT2D eigenvalue weighted by Crippen LogP contribution is -1.97. The zero-order valence-electron chi connectivity index (χ0n) is 7.11. The van der Waals surface area contributed by atoms with Gasteiger partial charge >= 0.3 is 0 Å². The molecule has 0 N–H and O–H groups in total. The molecule has 2 rings (SSSR count). The number of aliphatic imine (C=N–C) groups is 1. The van der Waals surface area contributed by atoms with Crippen LogP contribution in [0.5, 0.6) is 5.19 Å². The summed E-state index contributed by atoms with van der Waals surface area (Å²) < 4.78 is 4.96.